The van der Waals surface area contributed by atoms with Gasteiger partial charge in [0.05, 0.1) is 23.0 Å². The average molecular weight is 385 g/mol. The monoisotopic (exact) mass is 385 g/mol. The van der Waals surface area contributed by atoms with Gasteiger partial charge in [-0.25, -0.2) is 4.39 Å². The van der Waals surface area contributed by atoms with E-state index in [9.17, 15) is 30.7 Å². The van der Waals surface area contributed by atoms with Crippen LogP contribution in [-0.4, -0.2) is 4.98 Å². The number of hydrogen-bond donors (Lipinski definition) is 0. The van der Waals surface area contributed by atoms with Crippen molar-refractivity contribution in [1.82, 2.24) is 4.98 Å². The zero-order valence-electron chi connectivity index (χ0n) is 13.4. The van der Waals surface area contributed by atoms with Crippen molar-refractivity contribution < 1.29 is 30.7 Å². The SMILES string of the molecule is Fc1cnc(-c2ccccc2C(F)(F)F)c(-c2ccccc2C(F)(F)F)c1. The van der Waals surface area contributed by atoms with Crippen molar-refractivity contribution in [3.05, 3.63) is 77.7 Å². The Morgan fingerprint density at radius 1 is 0.630 bits per heavy atom. The maximum atomic E-state index is 13.7. The van der Waals surface area contributed by atoms with Crippen LogP contribution in [0, 0.1) is 5.82 Å². The largest absolute Gasteiger partial charge is 0.417 e. The standard InChI is InChI=1S/C19H10F7N/c20-11-9-14(12-5-1-3-7-15(12)18(21,22)23)17(27-10-11)13-6-2-4-8-16(13)19(24,25)26/h1-10H. The molecule has 0 atom stereocenters. The molecule has 0 radical (unpaired) electrons. The Bertz CT molecular complexity index is 974. The van der Waals surface area contributed by atoms with E-state index in [0.29, 0.717) is 6.20 Å². The summed E-state index contributed by atoms with van der Waals surface area (Å²) in [6.45, 7) is 0. The van der Waals surface area contributed by atoms with E-state index >= 15 is 0 Å². The molecule has 0 saturated heterocycles. The predicted octanol–water partition coefficient (Wildman–Crippen LogP) is 6.59. The van der Waals surface area contributed by atoms with Gasteiger partial charge in [-0.3, -0.25) is 4.98 Å². The quantitative estimate of drug-likeness (QED) is 0.454. The highest BCUT2D eigenvalue weighted by molar-refractivity contribution is 5.84. The van der Waals surface area contributed by atoms with Crippen LogP contribution in [0.2, 0.25) is 0 Å². The molecule has 0 fully saturated rings. The van der Waals surface area contributed by atoms with Crippen LogP contribution in [0.1, 0.15) is 11.1 Å². The van der Waals surface area contributed by atoms with Crippen LogP contribution in [-0.2, 0) is 12.4 Å². The first-order valence-corrected chi connectivity index (χ1v) is 7.58. The Hall–Kier alpha value is -2.90. The van der Waals surface area contributed by atoms with Crippen molar-refractivity contribution in [2.45, 2.75) is 12.4 Å². The molecule has 3 aromatic rings. The van der Waals surface area contributed by atoms with E-state index in [-0.39, 0.29) is 11.3 Å². The smallest absolute Gasteiger partial charge is 0.253 e. The van der Waals surface area contributed by atoms with Gasteiger partial charge >= 0.3 is 12.4 Å². The van der Waals surface area contributed by atoms with Crippen molar-refractivity contribution in [2.75, 3.05) is 0 Å². The normalized spacial score (nSPS) is 12.3. The molecular formula is C19H10F7N. The summed E-state index contributed by atoms with van der Waals surface area (Å²) in [5.74, 6) is -0.963. The van der Waals surface area contributed by atoms with Crippen LogP contribution in [0.5, 0.6) is 0 Å². The highest BCUT2D eigenvalue weighted by Crippen LogP contribution is 2.43. The minimum absolute atomic E-state index is 0.375. The minimum atomic E-state index is -4.77. The molecule has 0 aliphatic rings. The molecule has 1 aromatic heterocycles. The van der Waals surface area contributed by atoms with Gasteiger partial charge in [-0.15, -0.1) is 0 Å². The van der Waals surface area contributed by atoms with E-state index in [1.54, 1.807) is 0 Å². The lowest BCUT2D eigenvalue weighted by atomic mass is 9.93. The number of pyridine rings is 1. The molecule has 140 valence electrons. The third-order valence-corrected chi connectivity index (χ3v) is 3.86. The molecule has 0 aliphatic carbocycles. The zero-order chi connectivity index (χ0) is 19.8. The van der Waals surface area contributed by atoms with Crippen LogP contribution in [0.25, 0.3) is 22.4 Å². The molecular weight excluding hydrogens is 375 g/mol. The molecule has 0 saturated carbocycles. The number of nitrogens with zero attached hydrogens (tertiary/aromatic N) is 1. The molecule has 0 aliphatic heterocycles. The summed E-state index contributed by atoms with van der Waals surface area (Å²) in [4.78, 5) is 3.68. The van der Waals surface area contributed by atoms with E-state index in [1.807, 2.05) is 0 Å². The lowest BCUT2D eigenvalue weighted by Gasteiger charge is -2.18. The molecule has 27 heavy (non-hydrogen) atoms. The van der Waals surface area contributed by atoms with Gasteiger partial charge in [0.1, 0.15) is 5.82 Å². The molecule has 0 unspecified atom stereocenters. The molecule has 1 heterocycles. The Balaban J connectivity index is 2.34. The number of alkyl halides is 6. The highest BCUT2D eigenvalue weighted by atomic mass is 19.4. The predicted molar refractivity (Wildman–Crippen MR) is 85.1 cm³/mol. The first-order chi connectivity index (χ1) is 12.6. The van der Waals surface area contributed by atoms with Gasteiger partial charge in [0.25, 0.3) is 0 Å². The van der Waals surface area contributed by atoms with Gasteiger partial charge in [0.15, 0.2) is 0 Å². The molecule has 3 rings (SSSR count). The van der Waals surface area contributed by atoms with Crippen molar-refractivity contribution in [1.29, 1.82) is 0 Å². The Morgan fingerprint density at radius 3 is 1.67 bits per heavy atom. The third-order valence-electron chi connectivity index (χ3n) is 3.86. The Labute approximate surface area is 149 Å². The number of benzene rings is 2. The van der Waals surface area contributed by atoms with Gasteiger partial charge in [0.2, 0.25) is 0 Å². The molecule has 0 amide bonds. The topological polar surface area (TPSA) is 12.9 Å². The van der Waals surface area contributed by atoms with Crippen LogP contribution >= 0.6 is 0 Å². The second-order valence-corrected chi connectivity index (χ2v) is 5.64. The van der Waals surface area contributed by atoms with Gasteiger partial charge in [0, 0.05) is 11.1 Å². The van der Waals surface area contributed by atoms with Gasteiger partial charge in [-0.2, -0.15) is 26.3 Å². The summed E-state index contributed by atoms with van der Waals surface area (Å²) in [5.41, 5.74) is -3.82. The fraction of sp³-hybridized carbons (Fsp3) is 0.105. The fourth-order valence-electron chi connectivity index (χ4n) is 2.76. The van der Waals surface area contributed by atoms with E-state index < -0.39 is 40.4 Å². The Kier molecular flexibility index (Phi) is 4.67. The summed E-state index contributed by atoms with van der Waals surface area (Å²) >= 11 is 0. The van der Waals surface area contributed by atoms with E-state index in [1.165, 1.54) is 12.1 Å². The first-order valence-electron chi connectivity index (χ1n) is 7.58. The van der Waals surface area contributed by atoms with Crippen LogP contribution in [0.15, 0.2) is 60.8 Å². The van der Waals surface area contributed by atoms with Gasteiger partial charge in [-0.1, -0.05) is 36.4 Å². The fourth-order valence-corrected chi connectivity index (χ4v) is 2.76. The Morgan fingerprint density at radius 2 is 1.11 bits per heavy atom. The van der Waals surface area contributed by atoms with Crippen molar-refractivity contribution in [3.63, 3.8) is 0 Å². The second-order valence-electron chi connectivity index (χ2n) is 5.64. The first kappa shape index (κ1) is 18.9. The van der Waals surface area contributed by atoms with E-state index in [2.05, 4.69) is 4.98 Å². The summed E-state index contributed by atoms with van der Waals surface area (Å²) < 4.78 is 93.8. The lowest BCUT2D eigenvalue weighted by Crippen LogP contribution is -2.10. The maximum Gasteiger partial charge on any atom is 0.417 e. The van der Waals surface area contributed by atoms with Crippen molar-refractivity contribution in [3.8, 4) is 22.4 Å². The third kappa shape index (κ3) is 3.79. The number of halogens is 7. The average Bonchev–Trinajstić information content (AvgIpc) is 2.60. The van der Waals surface area contributed by atoms with Crippen LogP contribution in [0.4, 0.5) is 30.7 Å². The molecule has 1 nitrogen and oxygen atoms in total. The van der Waals surface area contributed by atoms with E-state index in [0.717, 1.165) is 42.5 Å². The highest BCUT2D eigenvalue weighted by Gasteiger charge is 2.36. The number of hydrogen-bond acceptors (Lipinski definition) is 1. The summed E-state index contributed by atoms with van der Waals surface area (Å²) in [6, 6.07) is 9.35. The second kappa shape index (κ2) is 6.68. The molecule has 8 heteroatoms. The van der Waals surface area contributed by atoms with E-state index in [4.69, 9.17) is 0 Å². The zero-order valence-corrected chi connectivity index (χ0v) is 13.4. The summed E-state index contributed by atoms with van der Waals surface area (Å²) in [6.07, 6.45) is -8.86. The molecule has 0 spiro atoms. The molecule has 2 aromatic carbocycles. The summed E-state index contributed by atoms with van der Waals surface area (Å²) in [5, 5.41) is 0. The van der Waals surface area contributed by atoms with Crippen LogP contribution in [0.3, 0.4) is 0 Å². The van der Waals surface area contributed by atoms with Gasteiger partial charge < -0.3 is 0 Å². The van der Waals surface area contributed by atoms with Crippen molar-refractivity contribution in [2.24, 2.45) is 0 Å². The van der Waals surface area contributed by atoms with Gasteiger partial charge in [-0.05, 0) is 23.8 Å². The number of rotatable bonds is 2. The number of aromatic nitrogens is 1. The molecule has 0 N–H and O–H groups in total. The van der Waals surface area contributed by atoms with Crippen LogP contribution < -0.4 is 0 Å². The van der Waals surface area contributed by atoms with Crippen molar-refractivity contribution >= 4 is 0 Å². The summed E-state index contributed by atoms with van der Waals surface area (Å²) in [7, 11) is 0. The minimum Gasteiger partial charge on any atom is -0.253 e. The molecule has 0 bridgehead atoms. The maximum absolute atomic E-state index is 13.7. The lowest BCUT2D eigenvalue weighted by molar-refractivity contribution is -0.138.